The number of hydrogen-bond acceptors (Lipinski definition) is 2. The Kier molecular flexibility index (Phi) is 3.52. The highest BCUT2D eigenvalue weighted by Crippen LogP contribution is 2.09. The van der Waals surface area contributed by atoms with Gasteiger partial charge in [-0.25, -0.2) is 8.42 Å². The summed E-state index contributed by atoms with van der Waals surface area (Å²) in [6.45, 7) is 3.76. The van der Waals surface area contributed by atoms with Crippen molar-refractivity contribution >= 4 is 15.7 Å². The number of rotatable bonds is 4. The first kappa shape index (κ1) is 11.0. The molecule has 0 bridgehead atoms. The van der Waals surface area contributed by atoms with E-state index in [9.17, 15) is 8.42 Å². The predicted molar refractivity (Wildman–Crippen MR) is 58.7 cm³/mol. The van der Waals surface area contributed by atoms with Gasteiger partial charge in [-0.3, -0.25) is 4.72 Å². The smallest absolute Gasteiger partial charge is 0.232 e. The first-order valence-electron chi connectivity index (χ1n) is 4.55. The Bertz CT molecular complexity index is 370. The zero-order chi connectivity index (χ0) is 10.6. The van der Waals surface area contributed by atoms with Crippen LogP contribution in [0.2, 0.25) is 0 Å². The molecule has 14 heavy (non-hydrogen) atoms. The summed E-state index contributed by atoms with van der Waals surface area (Å²) in [6, 6.07) is 8.91. The molecule has 0 atom stereocenters. The molecule has 78 valence electrons. The summed E-state index contributed by atoms with van der Waals surface area (Å²) in [5.74, 6) is 0.290. The highest BCUT2D eigenvalue weighted by atomic mass is 32.2. The minimum atomic E-state index is -3.18. The van der Waals surface area contributed by atoms with Gasteiger partial charge in [-0.1, -0.05) is 32.0 Å². The van der Waals surface area contributed by atoms with Gasteiger partial charge in [-0.2, -0.15) is 0 Å². The third kappa shape index (κ3) is 3.79. The molecule has 0 spiro atoms. The van der Waals surface area contributed by atoms with Crippen molar-refractivity contribution in [1.29, 1.82) is 0 Å². The Balaban J connectivity index is 2.70. The van der Waals surface area contributed by atoms with Crippen LogP contribution in [0.4, 0.5) is 5.69 Å². The lowest BCUT2D eigenvalue weighted by Gasteiger charge is -2.09. The van der Waals surface area contributed by atoms with E-state index in [0.29, 0.717) is 5.69 Å². The van der Waals surface area contributed by atoms with Crippen LogP contribution in [0.5, 0.6) is 0 Å². The summed E-state index contributed by atoms with van der Waals surface area (Å²) in [5.41, 5.74) is 0.619. The Morgan fingerprint density at radius 1 is 1.21 bits per heavy atom. The number of benzene rings is 1. The van der Waals surface area contributed by atoms with Crippen LogP contribution in [0.3, 0.4) is 0 Å². The maximum Gasteiger partial charge on any atom is 0.232 e. The largest absolute Gasteiger partial charge is 0.284 e. The first-order chi connectivity index (χ1) is 6.49. The third-order valence-electron chi connectivity index (χ3n) is 1.60. The standard InChI is InChI=1S/C10H15NO2S/c1-9(2)8-14(12,13)11-10-6-4-3-5-7-10/h3-7,9,11H,8H2,1-2H3. The molecule has 1 N–H and O–H groups in total. The number of sulfonamides is 1. The maximum absolute atomic E-state index is 11.5. The Morgan fingerprint density at radius 2 is 1.79 bits per heavy atom. The van der Waals surface area contributed by atoms with Gasteiger partial charge < -0.3 is 0 Å². The molecule has 1 aromatic rings. The molecule has 0 heterocycles. The average Bonchev–Trinajstić information content (AvgIpc) is 2.02. The van der Waals surface area contributed by atoms with Gasteiger partial charge in [-0.15, -0.1) is 0 Å². The second kappa shape index (κ2) is 4.46. The summed E-state index contributed by atoms with van der Waals surface area (Å²) in [5, 5.41) is 0. The molecule has 4 heteroatoms. The van der Waals surface area contributed by atoms with E-state index >= 15 is 0 Å². The van der Waals surface area contributed by atoms with E-state index in [1.165, 1.54) is 0 Å². The van der Waals surface area contributed by atoms with E-state index in [1.807, 2.05) is 19.9 Å². The Hall–Kier alpha value is -1.03. The lowest BCUT2D eigenvalue weighted by atomic mass is 10.3. The number of nitrogens with one attached hydrogen (secondary N) is 1. The van der Waals surface area contributed by atoms with Gasteiger partial charge in [0.1, 0.15) is 0 Å². The van der Waals surface area contributed by atoms with E-state index in [0.717, 1.165) is 0 Å². The summed E-state index contributed by atoms with van der Waals surface area (Å²) in [7, 11) is -3.18. The van der Waals surface area contributed by atoms with Crippen molar-refractivity contribution < 1.29 is 8.42 Å². The number of anilines is 1. The fraction of sp³-hybridized carbons (Fsp3) is 0.400. The lowest BCUT2D eigenvalue weighted by molar-refractivity contribution is 0.587. The zero-order valence-corrected chi connectivity index (χ0v) is 9.21. The Labute approximate surface area is 85.2 Å². The van der Waals surface area contributed by atoms with Gasteiger partial charge in [0.2, 0.25) is 10.0 Å². The second-order valence-corrected chi connectivity index (χ2v) is 5.41. The average molecular weight is 213 g/mol. The zero-order valence-electron chi connectivity index (χ0n) is 8.40. The predicted octanol–water partition coefficient (Wildman–Crippen LogP) is 2.08. The summed E-state index contributed by atoms with van der Waals surface area (Å²) >= 11 is 0. The normalized spacial score (nSPS) is 11.6. The van der Waals surface area contributed by atoms with Crippen LogP contribution >= 0.6 is 0 Å². The van der Waals surface area contributed by atoms with Gasteiger partial charge in [0.25, 0.3) is 0 Å². The summed E-state index contributed by atoms with van der Waals surface area (Å²) < 4.78 is 25.5. The minimum Gasteiger partial charge on any atom is -0.284 e. The Morgan fingerprint density at radius 3 is 2.29 bits per heavy atom. The van der Waals surface area contributed by atoms with Gasteiger partial charge in [-0.05, 0) is 18.1 Å². The maximum atomic E-state index is 11.5. The van der Waals surface area contributed by atoms with E-state index in [4.69, 9.17) is 0 Å². The molecule has 0 radical (unpaired) electrons. The molecule has 0 aliphatic rings. The second-order valence-electron chi connectivity index (χ2n) is 3.64. The molecule has 1 rings (SSSR count). The van der Waals surface area contributed by atoms with Crippen LogP contribution in [0.1, 0.15) is 13.8 Å². The van der Waals surface area contributed by atoms with Crippen LogP contribution in [-0.4, -0.2) is 14.2 Å². The first-order valence-corrected chi connectivity index (χ1v) is 6.20. The SMILES string of the molecule is CC(C)CS(=O)(=O)Nc1ccccc1. The highest BCUT2D eigenvalue weighted by molar-refractivity contribution is 7.92. The molecule has 1 aromatic carbocycles. The fourth-order valence-electron chi connectivity index (χ4n) is 1.17. The van der Waals surface area contributed by atoms with Crippen molar-refractivity contribution in [2.75, 3.05) is 10.5 Å². The van der Waals surface area contributed by atoms with Crippen LogP contribution in [0.25, 0.3) is 0 Å². The molecule has 0 saturated heterocycles. The topological polar surface area (TPSA) is 46.2 Å². The summed E-state index contributed by atoms with van der Waals surface area (Å²) in [4.78, 5) is 0. The van der Waals surface area contributed by atoms with Gasteiger partial charge in [0.05, 0.1) is 5.75 Å². The molecule has 0 aliphatic carbocycles. The van der Waals surface area contributed by atoms with Gasteiger partial charge in [0, 0.05) is 5.69 Å². The van der Waals surface area contributed by atoms with Crippen molar-refractivity contribution in [3.63, 3.8) is 0 Å². The van der Waals surface area contributed by atoms with E-state index in [2.05, 4.69) is 4.72 Å². The number of hydrogen-bond donors (Lipinski definition) is 1. The van der Waals surface area contributed by atoms with E-state index < -0.39 is 10.0 Å². The van der Waals surface area contributed by atoms with Gasteiger partial charge >= 0.3 is 0 Å². The van der Waals surface area contributed by atoms with Crippen molar-refractivity contribution in [3.05, 3.63) is 30.3 Å². The van der Waals surface area contributed by atoms with E-state index in [-0.39, 0.29) is 11.7 Å². The molecule has 0 aliphatic heterocycles. The van der Waals surface area contributed by atoms with Crippen molar-refractivity contribution in [3.8, 4) is 0 Å². The van der Waals surface area contributed by atoms with Crippen LogP contribution in [0, 0.1) is 5.92 Å². The van der Waals surface area contributed by atoms with Crippen molar-refractivity contribution in [1.82, 2.24) is 0 Å². The van der Waals surface area contributed by atoms with Gasteiger partial charge in [0.15, 0.2) is 0 Å². The molecular weight excluding hydrogens is 198 g/mol. The monoisotopic (exact) mass is 213 g/mol. The highest BCUT2D eigenvalue weighted by Gasteiger charge is 2.11. The minimum absolute atomic E-state index is 0.135. The number of para-hydroxylation sites is 1. The van der Waals surface area contributed by atoms with Crippen molar-refractivity contribution in [2.45, 2.75) is 13.8 Å². The molecule has 0 saturated carbocycles. The fourth-order valence-corrected chi connectivity index (χ4v) is 2.62. The molecule has 0 unspecified atom stereocenters. The summed E-state index contributed by atoms with van der Waals surface area (Å²) in [6.07, 6.45) is 0. The van der Waals surface area contributed by atoms with Crippen molar-refractivity contribution in [2.24, 2.45) is 5.92 Å². The molecular formula is C10H15NO2S. The lowest BCUT2D eigenvalue weighted by Crippen LogP contribution is -2.19. The third-order valence-corrected chi connectivity index (χ3v) is 3.25. The van der Waals surface area contributed by atoms with E-state index in [1.54, 1.807) is 24.3 Å². The van der Waals surface area contributed by atoms with Crippen LogP contribution < -0.4 is 4.72 Å². The molecule has 0 amide bonds. The van der Waals surface area contributed by atoms with Crippen LogP contribution in [0.15, 0.2) is 30.3 Å². The quantitative estimate of drug-likeness (QED) is 0.832. The molecule has 0 fully saturated rings. The molecule has 3 nitrogen and oxygen atoms in total. The molecule has 0 aromatic heterocycles. The van der Waals surface area contributed by atoms with Crippen LogP contribution in [-0.2, 0) is 10.0 Å².